The van der Waals surface area contributed by atoms with Gasteiger partial charge in [-0.3, -0.25) is 0 Å². The normalized spacial score (nSPS) is 19.6. The van der Waals surface area contributed by atoms with Gasteiger partial charge in [-0.25, -0.2) is 4.79 Å². The summed E-state index contributed by atoms with van der Waals surface area (Å²) < 4.78 is 5.41. The van der Waals surface area contributed by atoms with Crippen LogP contribution in [0.3, 0.4) is 0 Å². The fourth-order valence-corrected chi connectivity index (χ4v) is 2.18. The molecule has 0 aromatic heterocycles. The van der Waals surface area contributed by atoms with Crippen molar-refractivity contribution in [3.8, 4) is 0 Å². The van der Waals surface area contributed by atoms with Gasteiger partial charge in [0.1, 0.15) is 5.60 Å². The van der Waals surface area contributed by atoms with Gasteiger partial charge in [-0.15, -0.1) is 0 Å². The number of carbonyl (C=O) groups excluding carboxylic acids is 1. The lowest BCUT2D eigenvalue weighted by molar-refractivity contribution is 0.0118. The van der Waals surface area contributed by atoms with Crippen LogP contribution in [0.1, 0.15) is 54.4 Å². The molecule has 4 nitrogen and oxygen atoms in total. The molecule has 1 saturated heterocycles. The zero-order chi connectivity index (χ0) is 14.7. The van der Waals surface area contributed by atoms with Gasteiger partial charge in [0.25, 0.3) is 0 Å². The molecule has 0 radical (unpaired) electrons. The maximum Gasteiger partial charge on any atom is 0.410 e. The molecule has 0 unspecified atom stereocenters. The molecule has 0 aliphatic carbocycles. The van der Waals surface area contributed by atoms with Gasteiger partial charge in [0.15, 0.2) is 0 Å². The van der Waals surface area contributed by atoms with Crippen molar-refractivity contribution in [1.29, 1.82) is 0 Å². The standard InChI is InChI=1S/C15H30N2O2/c1-12(2)16-11-15(6)7-9-17(10-8-15)13(18)19-14(3,4)5/h12,16H,7-11H2,1-6H3. The first kappa shape index (κ1) is 16.3. The Morgan fingerprint density at radius 1 is 1.32 bits per heavy atom. The zero-order valence-electron chi connectivity index (χ0n) is 13.4. The highest BCUT2D eigenvalue weighted by Gasteiger charge is 2.33. The van der Waals surface area contributed by atoms with Gasteiger partial charge in [-0.05, 0) is 39.0 Å². The number of ether oxygens (including phenoxy) is 1. The van der Waals surface area contributed by atoms with Gasteiger partial charge in [0.2, 0.25) is 0 Å². The van der Waals surface area contributed by atoms with Crippen LogP contribution in [0.15, 0.2) is 0 Å². The van der Waals surface area contributed by atoms with Gasteiger partial charge in [-0.2, -0.15) is 0 Å². The summed E-state index contributed by atoms with van der Waals surface area (Å²) in [7, 11) is 0. The van der Waals surface area contributed by atoms with Crippen LogP contribution in [0.4, 0.5) is 4.79 Å². The van der Waals surface area contributed by atoms with Crippen LogP contribution in [0.5, 0.6) is 0 Å². The molecular weight excluding hydrogens is 240 g/mol. The van der Waals surface area contributed by atoms with Gasteiger partial charge >= 0.3 is 6.09 Å². The van der Waals surface area contributed by atoms with E-state index >= 15 is 0 Å². The van der Waals surface area contributed by atoms with E-state index in [0.29, 0.717) is 11.5 Å². The molecule has 4 heteroatoms. The van der Waals surface area contributed by atoms with E-state index in [0.717, 1.165) is 32.5 Å². The van der Waals surface area contributed by atoms with Crippen molar-refractivity contribution in [2.45, 2.75) is 66.0 Å². The summed E-state index contributed by atoms with van der Waals surface area (Å²) in [6.45, 7) is 15.0. The molecule has 0 atom stereocenters. The van der Waals surface area contributed by atoms with Crippen molar-refractivity contribution in [2.24, 2.45) is 5.41 Å². The van der Waals surface area contributed by atoms with Crippen LogP contribution in [-0.2, 0) is 4.74 Å². The first-order valence-corrected chi connectivity index (χ1v) is 7.33. The second-order valence-corrected chi connectivity index (χ2v) is 7.31. The third-order valence-corrected chi connectivity index (χ3v) is 3.56. The lowest BCUT2D eigenvalue weighted by Crippen LogP contribution is -2.47. The highest BCUT2D eigenvalue weighted by molar-refractivity contribution is 5.68. The number of hydrogen-bond donors (Lipinski definition) is 1. The van der Waals surface area contributed by atoms with Crippen LogP contribution >= 0.6 is 0 Å². The Balaban J connectivity index is 2.41. The summed E-state index contributed by atoms with van der Waals surface area (Å²) >= 11 is 0. The molecule has 0 aromatic rings. The monoisotopic (exact) mass is 270 g/mol. The van der Waals surface area contributed by atoms with Crippen LogP contribution in [0.2, 0.25) is 0 Å². The number of piperidine rings is 1. The largest absolute Gasteiger partial charge is 0.444 e. The van der Waals surface area contributed by atoms with Crippen LogP contribution in [-0.4, -0.2) is 42.3 Å². The van der Waals surface area contributed by atoms with Gasteiger partial charge in [0, 0.05) is 25.7 Å². The molecule has 0 spiro atoms. The number of likely N-dealkylation sites (tertiary alicyclic amines) is 1. The van der Waals surface area contributed by atoms with E-state index in [1.54, 1.807) is 0 Å². The Labute approximate surface area is 117 Å². The van der Waals surface area contributed by atoms with Crippen molar-refractivity contribution >= 4 is 6.09 Å². The Hall–Kier alpha value is -0.770. The minimum Gasteiger partial charge on any atom is -0.444 e. The van der Waals surface area contributed by atoms with Crippen molar-refractivity contribution in [3.63, 3.8) is 0 Å². The number of rotatable bonds is 3. The summed E-state index contributed by atoms with van der Waals surface area (Å²) in [6.07, 6.45) is 1.89. The van der Waals surface area contributed by atoms with Crippen molar-refractivity contribution in [2.75, 3.05) is 19.6 Å². The molecule has 1 amide bonds. The van der Waals surface area contributed by atoms with E-state index in [1.165, 1.54) is 0 Å². The van der Waals surface area contributed by atoms with E-state index < -0.39 is 5.60 Å². The van der Waals surface area contributed by atoms with Crippen LogP contribution in [0, 0.1) is 5.41 Å². The second kappa shape index (κ2) is 6.12. The average molecular weight is 270 g/mol. The molecular formula is C15H30N2O2. The molecule has 1 aliphatic heterocycles. The maximum absolute atomic E-state index is 12.0. The number of hydrogen-bond acceptors (Lipinski definition) is 3. The average Bonchev–Trinajstić information content (AvgIpc) is 2.25. The Kier molecular flexibility index (Phi) is 5.25. The highest BCUT2D eigenvalue weighted by atomic mass is 16.6. The summed E-state index contributed by atoms with van der Waals surface area (Å²) in [5, 5.41) is 3.50. The fraction of sp³-hybridized carbons (Fsp3) is 0.933. The summed E-state index contributed by atoms with van der Waals surface area (Å²) in [5.74, 6) is 0. The minimum atomic E-state index is -0.406. The Morgan fingerprint density at radius 2 is 1.84 bits per heavy atom. The maximum atomic E-state index is 12.0. The first-order valence-electron chi connectivity index (χ1n) is 7.33. The number of nitrogens with zero attached hydrogens (tertiary/aromatic N) is 1. The SMILES string of the molecule is CC(C)NCC1(C)CCN(C(=O)OC(C)(C)C)CC1. The quantitative estimate of drug-likeness (QED) is 0.857. The van der Waals surface area contributed by atoms with Gasteiger partial charge in [-0.1, -0.05) is 20.8 Å². The number of carbonyl (C=O) groups is 1. The lowest BCUT2D eigenvalue weighted by atomic mass is 9.80. The topological polar surface area (TPSA) is 41.6 Å². The van der Waals surface area contributed by atoms with Gasteiger partial charge in [0.05, 0.1) is 0 Å². The summed E-state index contributed by atoms with van der Waals surface area (Å²) in [4.78, 5) is 13.8. The molecule has 1 heterocycles. The van der Waals surface area contributed by atoms with E-state index in [-0.39, 0.29) is 6.09 Å². The molecule has 19 heavy (non-hydrogen) atoms. The molecule has 1 N–H and O–H groups in total. The van der Waals surface area contributed by atoms with Crippen molar-refractivity contribution < 1.29 is 9.53 Å². The Morgan fingerprint density at radius 3 is 2.26 bits per heavy atom. The molecule has 1 fully saturated rings. The number of nitrogens with one attached hydrogen (secondary N) is 1. The highest BCUT2D eigenvalue weighted by Crippen LogP contribution is 2.30. The van der Waals surface area contributed by atoms with E-state index in [2.05, 4.69) is 26.1 Å². The summed E-state index contributed by atoms with van der Waals surface area (Å²) in [6, 6.07) is 0.515. The van der Waals surface area contributed by atoms with Crippen LogP contribution < -0.4 is 5.32 Å². The molecule has 0 bridgehead atoms. The third-order valence-electron chi connectivity index (χ3n) is 3.56. The molecule has 0 saturated carbocycles. The van der Waals surface area contributed by atoms with Crippen LogP contribution in [0.25, 0.3) is 0 Å². The zero-order valence-corrected chi connectivity index (χ0v) is 13.4. The summed E-state index contributed by atoms with van der Waals surface area (Å²) in [5.41, 5.74) is -0.111. The van der Waals surface area contributed by atoms with Crippen molar-refractivity contribution in [1.82, 2.24) is 10.2 Å². The lowest BCUT2D eigenvalue weighted by Gasteiger charge is -2.40. The van der Waals surface area contributed by atoms with Gasteiger partial charge < -0.3 is 15.0 Å². The smallest absolute Gasteiger partial charge is 0.410 e. The predicted molar refractivity (Wildman–Crippen MR) is 78.3 cm³/mol. The Bertz CT molecular complexity index is 300. The predicted octanol–water partition coefficient (Wildman–Crippen LogP) is 3.02. The first-order chi connectivity index (χ1) is 8.61. The minimum absolute atomic E-state index is 0.175. The van der Waals surface area contributed by atoms with E-state index in [9.17, 15) is 4.79 Å². The molecule has 0 aromatic carbocycles. The van der Waals surface area contributed by atoms with E-state index in [4.69, 9.17) is 4.74 Å². The number of amides is 1. The second-order valence-electron chi connectivity index (χ2n) is 7.31. The fourth-order valence-electron chi connectivity index (χ4n) is 2.18. The molecule has 1 rings (SSSR count). The third kappa shape index (κ3) is 5.81. The molecule has 112 valence electrons. The molecule has 1 aliphatic rings. The van der Waals surface area contributed by atoms with E-state index in [1.807, 2.05) is 25.7 Å². The van der Waals surface area contributed by atoms with Crippen molar-refractivity contribution in [3.05, 3.63) is 0 Å².